The molecule has 3 aromatic carbocycles. The molecule has 0 spiro atoms. The van der Waals surface area contributed by atoms with E-state index in [2.05, 4.69) is 0 Å². The van der Waals surface area contributed by atoms with Crippen molar-refractivity contribution < 1.29 is 93.6 Å². The SMILES string of the molecule is [2H]c1c(C(=O)OC[C@H]2OC(O)[C@H](O)[C@@H](OC(=O)c3cc(O)c(O)c(O)c3[2H])[C@@H]2OC(=O)c2cc(O)c(O)c(O)c2[2H])cc(O)c(O)c1O. The Labute approximate surface area is 254 Å². The second-order valence-corrected chi connectivity index (χ2v) is 9.19. The quantitative estimate of drug-likeness (QED) is 0.0899. The molecule has 0 bridgehead atoms. The van der Waals surface area contributed by atoms with Crippen LogP contribution in [0.1, 0.15) is 35.2 Å². The summed E-state index contributed by atoms with van der Waals surface area (Å²) >= 11 is 0. The van der Waals surface area contributed by atoms with Gasteiger partial charge in [-0.15, -0.1) is 0 Å². The molecule has 0 radical (unpaired) electrons. The van der Waals surface area contributed by atoms with Crippen LogP contribution in [0.5, 0.6) is 51.7 Å². The van der Waals surface area contributed by atoms with E-state index in [0.717, 1.165) is 0 Å². The third-order valence-corrected chi connectivity index (χ3v) is 6.16. The van der Waals surface area contributed by atoms with Crippen LogP contribution in [0.3, 0.4) is 0 Å². The van der Waals surface area contributed by atoms with Crippen LogP contribution in [0, 0.1) is 0 Å². The van der Waals surface area contributed by atoms with E-state index in [9.17, 15) is 70.6 Å². The zero-order chi connectivity index (χ0) is 35.9. The van der Waals surface area contributed by atoms with Gasteiger partial charge in [-0.2, -0.15) is 0 Å². The molecule has 18 nitrogen and oxygen atoms in total. The highest BCUT2D eigenvalue weighted by Gasteiger charge is 2.50. The number of aliphatic hydroxyl groups is 2. The molecule has 3 aromatic rings. The van der Waals surface area contributed by atoms with Crippen LogP contribution in [0.4, 0.5) is 0 Å². The molecule has 1 saturated heterocycles. The molecular formula is C27H24O18. The molecule has 0 saturated carbocycles. The Morgan fingerprint density at radius 3 is 1.42 bits per heavy atom. The van der Waals surface area contributed by atoms with Gasteiger partial charge < -0.3 is 75.1 Å². The minimum atomic E-state index is -2.32. The lowest BCUT2D eigenvalue weighted by molar-refractivity contribution is -0.285. The van der Waals surface area contributed by atoms with Gasteiger partial charge in [-0.05, 0) is 36.3 Å². The van der Waals surface area contributed by atoms with Crippen LogP contribution >= 0.6 is 0 Å². The number of phenolic OH excluding ortho intramolecular Hbond substituents is 9. The normalized spacial score (nSPS) is 22.0. The minimum absolute atomic E-state index is 0.484. The summed E-state index contributed by atoms with van der Waals surface area (Å²) in [6.45, 7) is -1.11. The van der Waals surface area contributed by atoms with E-state index < -0.39 is 142 Å². The fourth-order valence-electron chi connectivity index (χ4n) is 3.91. The molecule has 45 heavy (non-hydrogen) atoms. The van der Waals surface area contributed by atoms with Crippen molar-refractivity contribution in [2.75, 3.05) is 6.61 Å². The molecule has 0 aliphatic carbocycles. The smallest absolute Gasteiger partial charge is 0.338 e. The van der Waals surface area contributed by atoms with Gasteiger partial charge >= 0.3 is 17.9 Å². The number of rotatable bonds is 7. The predicted molar refractivity (Wildman–Crippen MR) is 140 cm³/mol. The van der Waals surface area contributed by atoms with E-state index in [1.54, 1.807) is 0 Å². The first-order chi connectivity index (χ1) is 22.4. The maximum Gasteiger partial charge on any atom is 0.338 e. The summed E-state index contributed by atoms with van der Waals surface area (Å²) in [5.74, 6) is -15.2. The van der Waals surface area contributed by atoms with Crippen molar-refractivity contribution in [3.63, 3.8) is 0 Å². The number of aliphatic hydroxyl groups excluding tert-OH is 2. The Hall–Kier alpha value is -5.85. The van der Waals surface area contributed by atoms with Crippen molar-refractivity contribution in [3.05, 3.63) is 53.0 Å². The Morgan fingerprint density at radius 2 is 1.00 bits per heavy atom. The van der Waals surface area contributed by atoms with Crippen molar-refractivity contribution in [1.29, 1.82) is 0 Å². The van der Waals surface area contributed by atoms with Crippen LogP contribution < -0.4 is 0 Å². The molecule has 11 N–H and O–H groups in total. The molecule has 1 heterocycles. The number of benzene rings is 3. The van der Waals surface area contributed by atoms with Gasteiger partial charge in [0.2, 0.25) is 0 Å². The average Bonchev–Trinajstić information content (AvgIpc) is 3.05. The second-order valence-electron chi connectivity index (χ2n) is 9.19. The molecule has 0 aromatic heterocycles. The van der Waals surface area contributed by atoms with Crippen LogP contribution in [0.2, 0.25) is 0 Å². The Kier molecular flexibility index (Phi) is 7.71. The monoisotopic (exact) mass is 639 g/mol. The Morgan fingerprint density at radius 1 is 0.622 bits per heavy atom. The van der Waals surface area contributed by atoms with Gasteiger partial charge in [-0.25, -0.2) is 14.4 Å². The van der Waals surface area contributed by atoms with Crippen LogP contribution in [-0.2, 0) is 18.9 Å². The summed E-state index contributed by atoms with van der Waals surface area (Å²) in [5, 5.41) is 109. The van der Waals surface area contributed by atoms with Gasteiger partial charge in [0.1, 0.15) is 18.8 Å². The molecule has 0 amide bonds. The molecule has 1 aliphatic heterocycles. The fraction of sp³-hybridized carbons (Fsp3) is 0.222. The van der Waals surface area contributed by atoms with E-state index in [1.165, 1.54) is 0 Å². The lowest BCUT2D eigenvalue weighted by atomic mass is 9.98. The zero-order valence-corrected chi connectivity index (χ0v) is 22.1. The minimum Gasteiger partial charge on any atom is -0.504 e. The number of carbonyl (C=O) groups excluding carboxylic acids is 3. The first kappa shape index (κ1) is 28.0. The van der Waals surface area contributed by atoms with Crippen molar-refractivity contribution in [1.82, 2.24) is 0 Å². The lowest BCUT2D eigenvalue weighted by Crippen LogP contribution is -2.61. The van der Waals surface area contributed by atoms with E-state index in [0.29, 0.717) is 18.2 Å². The molecule has 1 fully saturated rings. The number of ether oxygens (including phenoxy) is 4. The number of hydrogen-bond acceptors (Lipinski definition) is 18. The first-order valence-corrected chi connectivity index (χ1v) is 12.2. The van der Waals surface area contributed by atoms with Crippen LogP contribution in [0.25, 0.3) is 0 Å². The third kappa shape index (κ3) is 6.56. The summed E-state index contributed by atoms with van der Waals surface area (Å²) in [5.41, 5.74) is -2.68. The summed E-state index contributed by atoms with van der Waals surface area (Å²) in [4.78, 5) is 39.0. The Balaban J connectivity index is 1.72. The molecule has 18 heteroatoms. The largest absolute Gasteiger partial charge is 0.504 e. The molecule has 1 aliphatic rings. The summed E-state index contributed by atoms with van der Waals surface area (Å²) in [7, 11) is 0. The van der Waals surface area contributed by atoms with Gasteiger partial charge in [0.25, 0.3) is 0 Å². The van der Waals surface area contributed by atoms with Gasteiger partial charge in [0.05, 0.1) is 20.8 Å². The number of aromatic hydroxyl groups is 9. The fourth-order valence-corrected chi connectivity index (χ4v) is 3.91. The first-order valence-electron chi connectivity index (χ1n) is 13.7. The van der Waals surface area contributed by atoms with E-state index in [1.807, 2.05) is 0 Å². The van der Waals surface area contributed by atoms with Crippen molar-refractivity contribution in [3.8, 4) is 51.7 Å². The number of hydrogen-bond donors (Lipinski definition) is 11. The van der Waals surface area contributed by atoms with Crippen molar-refractivity contribution in [2.45, 2.75) is 30.7 Å². The molecule has 5 atom stereocenters. The lowest BCUT2D eigenvalue weighted by Gasteiger charge is -2.41. The average molecular weight is 639 g/mol. The maximum absolute atomic E-state index is 13.2. The number of carbonyl (C=O) groups is 3. The van der Waals surface area contributed by atoms with Crippen LogP contribution in [0.15, 0.2) is 36.3 Å². The molecule has 240 valence electrons. The summed E-state index contributed by atoms with van der Waals surface area (Å²) in [6.07, 6.45) is -11.0. The topological polar surface area (TPSA) is 311 Å². The van der Waals surface area contributed by atoms with E-state index in [4.69, 9.17) is 23.1 Å². The highest BCUT2D eigenvalue weighted by Crippen LogP contribution is 2.38. The van der Waals surface area contributed by atoms with E-state index >= 15 is 0 Å². The van der Waals surface area contributed by atoms with Gasteiger partial charge in [-0.3, -0.25) is 0 Å². The van der Waals surface area contributed by atoms with Crippen LogP contribution in [-0.4, -0.2) is 111 Å². The standard InChI is InChI=1S/C27H24O18/c28-11-1-8(2-12(29)18(11)34)24(38)42-7-17-22(44-25(39)9-3-13(30)19(35)14(31)4-9)23(21(37)27(41)43-17)45-26(40)10-5-15(32)20(36)16(33)6-10/h1-6,17,21-23,27-37,41H,7H2/t17-,21-,22-,23-,27?/m1/s1/i1D,3D,5D. The molecule has 1 unspecified atom stereocenters. The molecular weight excluding hydrogens is 612 g/mol. The molecule has 4 rings (SSSR count). The summed E-state index contributed by atoms with van der Waals surface area (Å²) < 4.78 is 44.1. The van der Waals surface area contributed by atoms with E-state index in [-0.39, 0.29) is 0 Å². The predicted octanol–water partition coefficient (Wildman–Crippen LogP) is -0.277. The summed E-state index contributed by atoms with van der Waals surface area (Å²) in [6, 6.07) is -1.67. The van der Waals surface area contributed by atoms with Crippen molar-refractivity contribution in [2.24, 2.45) is 0 Å². The zero-order valence-electron chi connectivity index (χ0n) is 25.1. The van der Waals surface area contributed by atoms with Gasteiger partial charge in [0.15, 0.2) is 70.2 Å². The highest BCUT2D eigenvalue weighted by atomic mass is 16.7. The van der Waals surface area contributed by atoms with Gasteiger partial charge in [0, 0.05) is 0 Å². The number of phenols is 9. The second kappa shape index (κ2) is 12.4. The number of esters is 3. The van der Waals surface area contributed by atoms with Crippen molar-refractivity contribution >= 4 is 17.9 Å². The third-order valence-electron chi connectivity index (χ3n) is 6.16. The Bertz CT molecular complexity index is 1810. The highest BCUT2D eigenvalue weighted by molar-refractivity contribution is 5.93. The maximum atomic E-state index is 13.2. The van der Waals surface area contributed by atoms with Gasteiger partial charge in [-0.1, -0.05) is 0 Å².